The summed E-state index contributed by atoms with van der Waals surface area (Å²) in [6, 6.07) is 0.638. The van der Waals surface area contributed by atoms with E-state index in [0.717, 1.165) is 5.92 Å². The largest absolute Gasteiger partial charge is 0.384 e. The van der Waals surface area contributed by atoms with Crippen LogP contribution in [0.15, 0.2) is 24.4 Å². The van der Waals surface area contributed by atoms with Crippen molar-refractivity contribution in [2.45, 2.75) is 25.3 Å². The van der Waals surface area contributed by atoms with E-state index in [-0.39, 0.29) is 0 Å². The lowest BCUT2D eigenvalue weighted by molar-refractivity contribution is 0.271. The van der Waals surface area contributed by atoms with E-state index in [1.165, 1.54) is 19.3 Å². The van der Waals surface area contributed by atoms with Crippen LogP contribution in [-0.4, -0.2) is 6.04 Å². The average Bonchev–Trinajstić information content (AvgIpc) is 1.86. The number of allylic oxidation sites excluding steroid dienone is 2. The number of dihydropyridines is 1. The molecular weight excluding hydrogens is 122 g/mol. The third-order valence-corrected chi connectivity index (χ3v) is 2.47. The Hall–Kier alpha value is -0.720. The lowest BCUT2D eigenvalue weighted by Gasteiger charge is -2.32. The molecule has 10 heavy (non-hydrogen) atoms. The zero-order valence-electron chi connectivity index (χ0n) is 6.09. The molecule has 0 radical (unpaired) electrons. The molecule has 1 atom stereocenters. The Morgan fingerprint density at radius 1 is 1.20 bits per heavy atom. The van der Waals surface area contributed by atoms with Crippen molar-refractivity contribution in [3.8, 4) is 0 Å². The van der Waals surface area contributed by atoms with Crippen LogP contribution in [0.3, 0.4) is 0 Å². The van der Waals surface area contributed by atoms with Gasteiger partial charge in [0.2, 0.25) is 0 Å². The molecule has 2 aliphatic rings. The molecule has 1 unspecified atom stereocenters. The van der Waals surface area contributed by atoms with Crippen molar-refractivity contribution in [1.82, 2.24) is 5.32 Å². The van der Waals surface area contributed by atoms with Gasteiger partial charge in [0.15, 0.2) is 0 Å². The van der Waals surface area contributed by atoms with E-state index in [1.807, 2.05) is 6.20 Å². The first-order valence-electron chi connectivity index (χ1n) is 4.06. The average molecular weight is 135 g/mol. The maximum Gasteiger partial charge on any atom is 0.0470 e. The van der Waals surface area contributed by atoms with E-state index in [2.05, 4.69) is 23.5 Å². The fraction of sp³-hybridized carbons (Fsp3) is 0.556. The van der Waals surface area contributed by atoms with Crippen molar-refractivity contribution in [1.29, 1.82) is 0 Å². The summed E-state index contributed by atoms with van der Waals surface area (Å²) in [5.74, 6) is 0.918. The highest BCUT2D eigenvalue weighted by atomic mass is 14.9. The van der Waals surface area contributed by atoms with Gasteiger partial charge < -0.3 is 5.32 Å². The van der Waals surface area contributed by atoms with Crippen LogP contribution in [0.5, 0.6) is 0 Å². The van der Waals surface area contributed by atoms with Crippen LogP contribution in [0.25, 0.3) is 0 Å². The standard InChI is InChI=1S/C9H13N/c1-2-7-10-9(6-1)8-4-3-5-8/h1-2,6-10H,3-5H2. The Kier molecular flexibility index (Phi) is 1.50. The lowest BCUT2D eigenvalue weighted by Crippen LogP contribution is -2.35. The van der Waals surface area contributed by atoms with Gasteiger partial charge in [0.05, 0.1) is 0 Å². The highest BCUT2D eigenvalue weighted by Crippen LogP contribution is 2.30. The molecule has 0 aromatic carbocycles. The zero-order valence-corrected chi connectivity index (χ0v) is 6.09. The number of hydrogen-bond donors (Lipinski definition) is 1. The molecule has 0 bridgehead atoms. The molecule has 2 rings (SSSR count). The molecule has 54 valence electrons. The van der Waals surface area contributed by atoms with Gasteiger partial charge in [-0.3, -0.25) is 0 Å². The van der Waals surface area contributed by atoms with Crippen LogP contribution in [0.4, 0.5) is 0 Å². The Labute approximate surface area is 61.8 Å². The molecule has 1 aliphatic carbocycles. The molecule has 1 heteroatoms. The first kappa shape index (κ1) is 6.02. The van der Waals surface area contributed by atoms with Gasteiger partial charge in [-0.25, -0.2) is 0 Å². The van der Waals surface area contributed by atoms with Gasteiger partial charge in [0, 0.05) is 6.04 Å². The smallest absolute Gasteiger partial charge is 0.0470 e. The second-order valence-corrected chi connectivity index (χ2v) is 3.13. The maximum atomic E-state index is 3.35. The third kappa shape index (κ3) is 0.962. The van der Waals surface area contributed by atoms with E-state index in [1.54, 1.807) is 0 Å². The SMILES string of the molecule is C1=CNC(C2CCC2)C=C1. The van der Waals surface area contributed by atoms with Gasteiger partial charge in [0.25, 0.3) is 0 Å². The predicted octanol–water partition coefficient (Wildman–Crippen LogP) is 1.83. The zero-order chi connectivity index (χ0) is 6.81. The Morgan fingerprint density at radius 2 is 2.10 bits per heavy atom. The summed E-state index contributed by atoms with van der Waals surface area (Å²) < 4.78 is 0. The minimum Gasteiger partial charge on any atom is -0.384 e. The third-order valence-electron chi connectivity index (χ3n) is 2.47. The summed E-state index contributed by atoms with van der Waals surface area (Å²) in [5, 5.41) is 3.35. The molecule has 0 saturated heterocycles. The highest BCUT2D eigenvalue weighted by Gasteiger charge is 2.24. The summed E-state index contributed by atoms with van der Waals surface area (Å²) in [6.07, 6.45) is 12.8. The topological polar surface area (TPSA) is 12.0 Å². The fourth-order valence-electron chi connectivity index (χ4n) is 1.55. The minimum absolute atomic E-state index is 0.638. The van der Waals surface area contributed by atoms with Gasteiger partial charge in [-0.05, 0) is 31.0 Å². The molecular formula is C9H13N. The second-order valence-electron chi connectivity index (χ2n) is 3.13. The van der Waals surface area contributed by atoms with Gasteiger partial charge in [-0.15, -0.1) is 0 Å². The second kappa shape index (κ2) is 2.49. The van der Waals surface area contributed by atoms with Crippen LogP contribution in [-0.2, 0) is 0 Å². The molecule has 0 aromatic rings. The van der Waals surface area contributed by atoms with E-state index < -0.39 is 0 Å². The molecule has 0 amide bonds. The molecule has 1 N–H and O–H groups in total. The first-order valence-corrected chi connectivity index (χ1v) is 4.06. The minimum atomic E-state index is 0.638. The fourth-order valence-corrected chi connectivity index (χ4v) is 1.55. The van der Waals surface area contributed by atoms with Gasteiger partial charge in [-0.1, -0.05) is 18.6 Å². The van der Waals surface area contributed by atoms with Crippen molar-refractivity contribution in [3.05, 3.63) is 24.4 Å². The maximum absolute atomic E-state index is 3.35. The molecule has 1 saturated carbocycles. The van der Waals surface area contributed by atoms with Gasteiger partial charge in [-0.2, -0.15) is 0 Å². The van der Waals surface area contributed by atoms with Crippen LogP contribution < -0.4 is 5.32 Å². The van der Waals surface area contributed by atoms with E-state index in [9.17, 15) is 0 Å². The van der Waals surface area contributed by atoms with Crippen molar-refractivity contribution >= 4 is 0 Å². The van der Waals surface area contributed by atoms with Crippen LogP contribution in [0.2, 0.25) is 0 Å². The summed E-state index contributed by atoms with van der Waals surface area (Å²) in [7, 11) is 0. The van der Waals surface area contributed by atoms with Crippen LogP contribution >= 0.6 is 0 Å². The van der Waals surface area contributed by atoms with Crippen molar-refractivity contribution in [3.63, 3.8) is 0 Å². The Balaban J connectivity index is 1.92. The molecule has 0 spiro atoms. The first-order chi connectivity index (χ1) is 4.97. The Bertz CT molecular complexity index is 166. The van der Waals surface area contributed by atoms with Crippen molar-refractivity contribution in [2.24, 2.45) is 5.92 Å². The normalized spacial score (nSPS) is 31.4. The molecule has 1 nitrogen and oxygen atoms in total. The van der Waals surface area contributed by atoms with Crippen molar-refractivity contribution in [2.75, 3.05) is 0 Å². The van der Waals surface area contributed by atoms with E-state index in [4.69, 9.17) is 0 Å². The van der Waals surface area contributed by atoms with Crippen LogP contribution in [0.1, 0.15) is 19.3 Å². The van der Waals surface area contributed by atoms with E-state index >= 15 is 0 Å². The number of hydrogen-bond acceptors (Lipinski definition) is 1. The molecule has 1 heterocycles. The highest BCUT2D eigenvalue weighted by molar-refractivity contribution is 5.13. The lowest BCUT2D eigenvalue weighted by atomic mass is 9.79. The van der Waals surface area contributed by atoms with Crippen LogP contribution in [0, 0.1) is 5.92 Å². The summed E-state index contributed by atoms with van der Waals surface area (Å²) in [5.41, 5.74) is 0. The van der Waals surface area contributed by atoms with Gasteiger partial charge in [0.1, 0.15) is 0 Å². The number of nitrogens with one attached hydrogen (secondary N) is 1. The number of rotatable bonds is 1. The monoisotopic (exact) mass is 135 g/mol. The van der Waals surface area contributed by atoms with E-state index in [0.29, 0.717) is 6.04 Å². The van der Waals surface area contributed by atoms with Gasteiger partial charge >= 0.3 is 0 Å². The molecule has 1 aliphatic heterocycles. The predicted molar refractivity (Wildman–Crippen MR) is 42.5 cm³/mol. The molecule has 1 fully saturated rings. The summed E-state index contributed by atoms with van der Waals surface area (Å²) >= 11 is 0. The van der Waals surface area contributed by atoms with Crippen molar-refractivity contribution < 1.29 is 0 Å². The quantitative estimate of drug-likeness (QED) is 0.578. The Morgan fingerprint density at radius 3 is 2.60 bits per heavy atom. The summed E-state index contributed by atoms with van der Waals surface area (Å²) in [4.78, 5) is 0. The summed E-state index contributed by atoms with van der Waals surface area (Å²) in [6.45, 7) is 0. The molecule has 0 aromatic heterocycles.